The molecule has 0 saturated heterocycles. The van der Waals surface area contributed by atoms with Crippen molar-refractivity contribution >= 4 is 34.8 Å². The van der Waals surface area contributed by atoms with Crippen LogP contribution in [0.25, 0.3) is 11.1 Å². The predicted molar refractivity (Wildman–Crippen MR) is 101 cm³/mol. The molecule has 0 N–H and O–H groups in total. The highest BCUT2D eigenvalue weighted by atomic mass is 32.2. The van der Waals surface area contributed by atoms with Gasteiger partial charge in [-0.2, -0.15) is 0 Å². The first-order valence-corrected chi connectivity index (χ1v) is 9.42. The number of fused-ring (bicyclic) bond motifs is 1. The number of para-hydroxylation sites is 2. The molecule has 0 amide bonds. The summed E-state index contributed by atoms with van der Waals surface area (Å²) in [6.45, 7) is 2.10. The zero-order chi connectivity index (χ0) is 19.1. The van der Waals surface area contributed by atoms with E-state index in [-0.39, 0.29) is 19.6 Å². The van der Waals surface area contributed by atoms with Gasteiger partial charge in [-0.05, 0) is 24.6 Å². The topological polar surface area (TPSA) is 78.6 Å². The number of esters is 2. The maximum absolute atomic E-state index is 12.6. The van der Waals surface area contributed by atoms with Crippen LogP contribution in [0.2, 0.25) is 0 Å². The molecule has 2 aromatic carbocycles. The minimum absolute atomic E-state index is 0.120. The molecule has 1 aromatic heterocycles. The number of rotatable bonds is 8. The minimum Gasteiger partial charge on any atom is -0.466 e. The van der Waals surface area contributed by atoms with E-state index in [0.29, 0.717) is 16.3 Å². The van der Waals surface area contributed by atoms with Gasteiger partial charge < -0.3 is 13.9 Å². The molecule has 0 fully saturated rings. The average molecular weight is 385 g/mol. The Bertz CT molecular complexity index is 876. The molecular weight excluding hydrogens is 366 g/mol. The van der Waals surface area contributed by atoms with Crippen LogP contribution in [0.15, 0.2) is 64.2 Å². The van der Waals surface area contributed by atoms with E-state index >= 15 is 0 Å². The van der Waals surface area contributed by atoms with Gasteiger partial charge >= 0.3 is 11.9 Å². The fourth-order valence-electron chi connectivity index (χ4n) is 2.39. The van der Waals surface area contributed by atoms with Crippen molar-refractivity contribution in [1.82, 2.24) is 4.98 Å². The fourth-order valence-corrected chi connectivity index (χ4v) is 3.31. The van der Waals surface area contributed by atoms with Crippen molar-refractivity contribution < 1.29 is 23.5 Å². The monoisotopic (exact) mass is 385 g/mol. The van der Waals surface area contributed by atoms with E-state index in [0.717, 1.165) is 17.3 Å². The number of carbonyl (C=O) groups is 2. The molecule has 6 nitrogen and oxygen atoms in total. The van der Waals surface area contributed by atoms with Gasteiger partial charge in [-0.3, -0.25) is 9.59 Å². The Labute approximate surface area is 160 Å². The van der Waals surface area contributed by atoms with Crippen molar-refractivity contribution in [3.8, 4) is 0 Å². The van der Waals surface area contributed by atoms with E-state index in [1.165, 1.54) is 0 Å². The Kier molecular flexibility index (Phi) is 6.49. The number of hydrogen-bond donors (Lipinski definition) is 0. The van der Waals surface area contributed by atoms with Crippen molar-refractivity contribution in [3.05, 3.63) is 60.2 Å². The predicted octanol–water partition coefficient (Wildman–Crippen LogP) is 3.99. The van der Waals surface area contributed by atoms with Crippen LogP contribution in [0, 0.1) is 0 Å². The summed E-state index contributed by atoms with van der Waals surface area (Å²) in [7, 11) is 0. The van der Waals surface area contributed by atoms with Crippen LogP contribution in [0.4, 0.5) is 0 Å². The quantitative estimate of drug-likeness (QED) is 0.428. The normalized spacial score (nSPS) is 11.9. The molecule has 0 aliphatic rings. The summed E-state index contributed by atoms with van der Waals surface area (Å²) in [5, 5.41) is -0.497. The van der Waals surface area contributed by atoms with Gasteiger partial charge in [0.1, 0.15) is 17.4 Å². The highest BCUT2D eigenvalue weighted by Gasteiger charge is 2.28. The maximum atomic E-state index is 12.6. The van der Waals surface area contributed by atoms with Crippen molar-refractivity contribution in [2.24, 2.45) is 0 Å². The van der Waals surface area contributed by atoms with Gasteiger partial charge in [0.2, 0.25) is 0 Å². The van der Waals surface area contributed by atoms with E-state index in [1.54, 1.807) is 13.0 Å². The third-order valence-corrected chi connectivity index (χ3v) is 4.68. The molecule has 140 valence electrons. The Morgan fingerprint density at radius 2 is 1.81 bits per heavy atom. The molecule has 0 aliphatic heterocycles. The van der Waals surface area contributed by atoms with Crippen molar-refractivity contribution in [1.29, 1.82) is 0 Å². The Morgan fingerprint density at radius 1 is 1.07 bits per heavy atom. The molecule has 3 rings (SSSR count). The van der Waals surface area contributed by atoms with E-state index < -0.39 is 17.2 Å². The SMILES string of the molecule is CCOC(=O)CC(Sc1nc2ccccc2o1)C(=O)OCc1ccccc1. The molecule has 7 heteroatoms. The molecule has 1 heterocycles. The van der Waals surface area contributed by atoms with E-state index in [1.807, 2.05) is 48.5 Å². The largest absolute Gasteiger partial charge is 0.466 e. The summed E-state index contributed by atoms with van der Waals surface area (Å²) in [6, 6.07) is 16.6. The van der Waals surface area contributed by atoms with Gasteiger partial charge in [-0.15, -0.1) is 0 Å². The Hall–Kier alpha value is -2.80. The number of carbonyl (C=O) groups excluding carboxylic acids is 2. The van der Waals surface area contributed by atoms with Crippen LogP contribution < -0.4 is 0 Å². The van der Waals surface area contributed by atoms with Crippen LogP contribution in [0.3, 0.4) is 0 Å². The van der Waals surface area contributed by atoms with Gasteiger partial charge in [-0.1, -0.05) is 54.2 Å². The van der Waals surface area contributed by atoms with Crippen molar-refractivity contribution in [2.45, 2.75) is 30.4 Å². The smallest absolute Gasteiger partial charge is 0.320 e. The standard InChI is InChI=1S/C20H19NO5S/c1-2-24-18(22)12-17(19(23)25-13-14-8-4-3-5-9-14)27-20-21-15-10-6-7-11-16(15)26-20/h3-11,17H,2,12-13H2,1H3. The van der Waals surface area contributed by atoms with E-state index in [4.69, 9.17) is 13.9 Å². The van der Waals surface area contributed by atoms with Gasteiger partial charge in [0.05, 0.1) is 13.0 Å². The zero-order valence-electron chi connectivity index (χ0n) is 14.8. The van der Waals surface area contributed by atoms with Gasteiger partial charge in [0.15, 0.2) is 5.58 Å². The molecule has 0 saturated carbocycles. The molecular formula is C20H19NO5S. The first-order valence-electron chi connectivity index (χ1n) is 8.54. The number of thioether (sulfide) groups is 1. The summed E-state index contributed by atoms with van der Waals surface area (Å²) in [5.74, 6) is -0.984. The molecule has 3 aromatic rings. The summed E-state index contributed by atoms with van der Waals surface area (Å²) in [5.41, 5.74) is 2.17. The summed E-state index contributed by atoms with van der Waals surface area (Å²) < 4.78 is 16.0. The number of nitrogens with zero attached hydrogens (tertiary/aromatic N) is 1. The second kappa shape index (κ2) is 9.23. The minimum atomic E-state index is -0.805. The van der Waals surface area contributed by atoms with Crippen molar-refractivity contribution in [3.63, 3.8) is 0 Å². The average Bonchev–Trinajstić information content (AvgIpc) is 3.09. The molecule has 0 radical (unpaired) electrons. The van der Waals surface area contributed by atoms with Gasteiger partial charge in [0, 0.05) is 0 Å². The molecule has 0 bridgehead atoms. The third-order valence-electron chi connectivity index (χ3n) is 3.66. The molecule has 1 atom stereocenters. The number of aromatic nitrogens is 1. The van der Waals surface area contributed by atoms with E-state index in [2.05, 4.69) is 4.98 Å². The van der Waals surface area contributed by atoms with Crippen LogP contribution in [0.5, 0.6) is 0 Å². The third kappa shape index (κ3) is 5.34. The molecule has 27 heavy (non-hydrogen) atoms. The maximum Gasteiger partial charge on any atom is 0.320 e. The number of hydrogen-bond acceptors (Lipinski definition) is 7. The second-order valence-corrected chi connectivity index (χ2v) is 6.81. The first kappa shape index (κ1) is 19.0. The lowest BCUT2D eigenvalue weighted by molar-refractivity contribution is -0.150. The summed E-state index contributed by atoms with van der Waals surface area (Å²) in [4.78, 5) is 28.8. The first-order chi connectivity index (χ1) is 13.2. The number of ether oxygens (including phenoxy) is 2. The summed E-state index contributed by atoms with van der Waals surface area (Å²) >= 11 is 1.06. The second-order valence-electron chi connectivity index (χ2n) is 5.66. The van der Waals surface area contributed by atoms with Gasteiger partial charge in [-0.25, -0.2) is 4.98 Å². The molecule has 0 spiro atoms. The molecule has 1 unspecified atom stereocenters. The van der Waals surface area contributed by atoms with E-state index in [9.17, 15) is 9.59 Å². The van der Waals surface area contributed by atoms with Crippen LogP contribution in [-0.2, 0) is 25.7 Å². The number of benzene rings is 2. The number of oxazole rings is 1. The lowest BCUT2D eigenvalue weighted by Gasteiger charge is -2.13. The van der Waals surface area contributed by atoms with Crippen LogP contribution >= 0.6 is 11.8 Å². The van der Waals surface area contributed by atoms with Crippen molar-refractivity contribution in [2.75, 3.05) is 6.61 Å². The Morgan fingerprint density at radius 3 is 2.56 bits per heavy atom. The van der Waals surface area contributed by atoms with Crippen LogP contribution in [0.1, 0.15) is 18.9 Å². The zero-order valence-corrected chi connectivity index (χ0v) is 15.6. The lowest BCUT2D eigenvalue weighted by Crippen LogP contribution is -2.24. The fraction of sp³-hybridized carbons (Fsp3) is 0.250. The highest BCUT2D eigenvalue weighted by Crippen LogP contribution is 2.29. The summed E-state index contributed by atoms with van der Waals surface area (Å²) in [6.07, 6.45) is -0.120. The highest BCUT2D eigenvalue weighted by molar-refractivity contribution is 8.00. The van der Waals surface area contributed by atoms with Crippen LogP contribution in [-0.4, -0.2) is 28.8 Å². The van der Waals surface area contributed by atoms with Gasteiger partial charge in [0.25, 0.3) is 5.22 Å². The lowest BCUT2D eigenvalue weighted by atomic mass is 10.2. The Balaban J connectivity index is 1.70. The molecule has 0 aliphatic carbocycles.